The van der Waals surface area contributed by atoms with Gasteiger partial charge in [-0.1, -0.05) is 13.8 Å². The van der Waals surface area contributed by atoms with Gasteiger partial charge in [-0.15, -0.1) is 0 Å². The third-order valence-electron chi connectivity index (χ3n) is 3.06. The highest BCUT2D eigenvalue weighted by Crippen LogP contribution is 2.17. The highest BCUT2D eigenvalue weighted by atomic mass is 16.1. The lowest BCUT2D eigenvalue weighted by Gasteiger charge is -2.11. The van der Waals surface area contributed by atoms with Crippen molar-refractivity contribution in [2.45, 2.75) is 26.3 Å². The van der Waals surface area contributed by atoms with Crippen LogP contribution >= 0.6 is 0 Å². The molecule has 0 aromatic carbocycles. The van der Waals surface area contributed by atoms with Crippen molar-refractivity contribution in [3.63, 3.8) is 0 Å². The number of pyridine rings is 1. The van der Waals surface area contributed by atoms with Gasteiger partial charge in [0, 0.05) is 36.7 Å². The van der Waals surface area contributed by atoms with Gasteiger partial charge in [0.2, 0.25) is 0 Å². The zero-order valence-electron chi connectivity index (χ0n) is 12.2. The van der Waals surface area contributed by atoms with E-state index in [0.717, 1.165) is 5.69 Å². The first kappa shape index (κ1) is 15.0. The summed E-state index contributed by atoms with van der Waals surface area (Å²) in [4.78, 5) is 20.5. The predicted molar refractivity (Wildman–Crippen MR) is 80.7 cm³/mol. The number of carbonyl (C=O) groups excluding carboxylic acids is 1. The molecule has 112 valence electrons. The van der Waals surface area contributed by atoms with Crippen LogP contribution in [0.5, 0.6) is 0 Å². The Bertz CT molecular complexity index is 594. The molecule has 4 N–H and O–H groups in total. The van der Waals surface area contributed by atoms with Gasteiger partial charge in [0.1, 0.15) is 5.82 Å². The number of hydrogen-bond acceptors (Lipinski definition) is 5. The summed E-state index contributed by atoms with van der Waals surface area (Å²) in [6.45, 7) is 5.24. The number of nitrogen functional groups attached to an aromatic ring is 1. The molecule has 0 radical (unpaired) electrons. The lowest BCUT2D eigenvalue weighted by molar-refractivity contribution is 0.0952. The average Bonchev–Trinajstić information content (AvgIpc) is 2.99. The summed E-state index contributed by atoms with van der Waals surface area (Å²) in [7, 11) is 0. The first-order valence-corrected chi connectivity index (χ1v) is 6.82. The minimum absolute atomic E-state index is 0.143. The fraction of sp³-hybridized carbons (Fsp3) is 0.357. The molecular weight excluding hydrogens is 268 g/mol. The third kappa shape index (κ3) is 4.03. The number of nitrogens with zero attached hydrogens (tertiary/aromatic N) is 3. The Morgan fingerprint density at radius 2 is 2.24 bits per heavy atom. The van der Waals surface area contributed by atoms with Gasteiger partial charge in [0.25, 0.3) is 5.91 Å². The Kier molecular flexibility index (Phi) is 4.89. The molecule has 2 rings (SSSR count). The molecular formula is C14H20N6O. The highest BCUT2D eigenvalue weighted by Gasteiger charge is 2.11. The summed E-state index contributed by atoms with van der Waals surface area (Å²) in [5.41, 5.74) is 3.87. The summed E-state index contributed by atoms with van der Waals surface area (Å²) in [6.07, 6.45) is 5.27. The van der Waals surface area contributed by atoms with Crippen LogP contribution in [0.25, 0.3) is 0 Å². The van der Waals surface area contributed by atoms with Crippen molar-refractivity contribution in [2.75, 3.05) is 12.0 Å². The van der Waals surface area contributed by atoms with Crippen molar-refractivity contribution in [1.29, 1.82) is 0 Å². The van der Waals surface area contributed by atoms with E-state index in [-0.39, 0.29) is 11.8 Å². The fourth-order valence-electron chi connectivity index (χ4n) is 1.87. The molecule has 1 amide bonds. The zero-order valence-corrected chi connectivity index (χ0v) is 12.2. The topological polar surface area (TPSA) is 97.9 Å². The molecule has 0 unspecified atom stereocenters. The molecule has 0 spiro atoms. The Morgan fingerprint density at radius 1 is 1.43 bits per heavy atom. The number of carbonyl (C=O) groups is 1. The summed E-state index contributed by atoms with van der Waals surface area (Å²) in [5.74, 6) is 5.96. The molecule has 0 saturated carbocycles. The fourth-order valence-corrected chi connectivity index (χ4v) is 1.87. The van der Waals surface area contributed by atoms with Gasteiger partial charge in [-0.2, -0.15) is 0 Å². The first-order valence-electron chi connectivity index (χ1n) is 6.82. The maximum atomic E-state index is 12.2. The SMILES string of the molecule is CC(C)c1cc(C(=O)NCCn2ccnc2)cc(NN)n1. The molecule has 0 aliphatic heterocycles. The van der Waals surface area contributed by atoms with Crippen molar-refractivity contribution >= 4 is 11.7 Å². The number of nitrogens with two attached hydrogens (primary N) is 1. The zero-order chi connectivity index (χ0) is 15.2. The average molecular weight is 288 g/mol. The van der Waals surface area contributed by atoms with E-state index < -0.39 is 0 Å². The van der Waals surface area contributed by atoms with Crippen LogP contribution in [-0.4, -0.2) is 27.0 Å². The number of imidazole rings is 1. The standard InChI is InChI=1S/C14H20N6O/c1-10(2)12-7-11(8-13(18-12)19-15)14(21)17-4-6-20-5-3-16-9-20/h3,5,7-10H,4,6,15H2,1-2H3,(H,17,21)(H,18,19). The van der Waals surface area contributed by atoms with Gasteiger partial charge in [-0.3, -0.25) is 4.79 Å². The third-order valence-corrected chi connectivity index (χ3v) is 3.06. The van der Waals surface area contributed by atoms with Gasteiger partial charge in [0.05, 0.1) is 6.33 Å². The van der Waals surface area contributed by atoms with Gasteiger partial charge in [-0.05, 0) is 18.1 Å². The van der Waals surface area contributed by atoms with Crippen molar-refractivity contribution in [1.82, 2.24) is 19.9 Å². The second-order valence-electron chi connectivity index (χ2n) is 5.02. The molecule has 0 atom stereocenters. The minimum Gasteiger partial charge on any atom is -0.350 e. The number of aromatic nitrogens is 3. The molecule has 7 heteroatoms. The van der Waals surface area contributed by atoms with E-state index in [1.54, 1.807) is 24.7 Å². The van der Waals surface area contributed by atoms with Gasteiger partial charge in [0.15, 0.2) is 0 Å². The lowest BCUT2D eigenvalue weighted by atomic mass is 10.1. The Labute approximate surface area is 123 Å². The molecule has 21 heavy (non-hydrogen) atoms. The van der Waals surface area contributed by atoms with Crippen LogP contribution in [0.1, 0.15) is 35.8 Å². The van der Waals surface area contributed by atoms with E-state index in [4.69, 9.17) is 5.84 Å². The number of anilines is 1. The van der Waals surface area contributed by atoms with Crippen LogP contribution in [-0.2, 0) is 6.54 Å². The van der Waals surface area contributed by atoms with Gasteiger partial charge < -0.3 is 15.3 Å². The van der Waals surface area contributed by atoms with Crippen LogP contribution in [0.15, 0.2) is 30.9 Å². The molecule has 2 aromatic rings. The Hall–Kier alpha value is -2.41. The van der Waals surface area contributed by atoms with Crippen LogP contribution in [0.2, 0.25) is 0 Å². The number of rotatable bonds is 6. The number of nitrogens with one attached hydrogen (secondary N) is 2. The molecule has 0 saturated heterocycles. The predicted octanol–water partition coefficient (Wildman–Crippen LogP) is 1.12. The smallest absolute Gasteiger partial charge is 0.251 e. The van der Waals surface area contributed by atoms with Crippen molar-refractivity contribution in [3.8, 4) is 0 Å². The normalized spacial score (nSPS) is 10.7. The van der Waals surface area contributed by atoms with Crippen LogP contribution in [0.4, 0.5) is 5.82 Å². The number of hydrogen-bond donors (Lipinski definition) is 3. The second kappa shape index (κ2) is 6.85. The monoisotopic (exact) mass is 288 g/mol. The van der Waals surface area contributed by atoms with Crippen molar-refractivity contribution in [2.24, 2.45) is 5.84 Å². The quantitative estimate of drug-likeness (QED) is 0.546. The molecule has 2 heterocycles. The Balaban J connectivity index is 2.02. The molecule has 0 aliphatic carbocycles. The largest absolute Gasteiger partial charge is 0.350 e. The van der Waals surface area contributed by atoms with E-state index >= 15 is 0 Å². The molecule has 0 aliphatic rings. The molecule has 0 bridgehead atoms. The van der Waals surface area contributed by atoms with Gasteiger partial charge in [-0.25, -0.2) is 15.8 Å². The van der Waals surface area contributed by atoms with E-state index in [2.05, 4.69) is 20.7 Å². The lowest BCUT2D eigenvalue weighted by Crippen LogP contribution is -2.27. The Morgan fingerprint density at radius 3 is 2.86 bits per heavy atom. The number of hydrazine groups is 1. The summed E-state index contributed by atoms with van der Waals surface area (Å²) >= 11 is 0. The summed E-state index contributed by atoms with van der Waals surface area (Å²) in [5, 5.41) is 2.87. The maximum absolute atomic E-state index is 12.2. The molecule has 2 aromatic heterocycles. The van der Waals surface area contributed by atoms with E-state index in [1.165, 1.54) is 0 Å². The minimum atomic E-state index is -0.143. The van der Waals surface area contributed by atoms with Gasteiger partial charge >= 0.3 is 0 Å². The summed E-state index contributed by atoms with van der Waals surface area (Å²) in [6, 6.07) is 3.43. The molecule has 7 nitrogen and oxygen atoms in total. The second-order valence-corrected chi connectivity index (χ2v) is 5.02. The summed E-state index contributed by atoms with van der Waals surface area (Å²) < 4.78 is 1.90. The highest BCUT2D eigenvalue weighted by molar-refractivity contribution is 5.95. The van der Waals surface area contributed by atoms with Crippen LogP contribution in [0, 0.1) is 0 Å². The first-order chi connectivity index (χ1) is 10.1. The van der Waals surface area contributed by atoms with Crippen molar-refractivity contribution < 1.29 is 4.79 Å². The van der Waals surface area contributed by atoms with E-state index in [9.17, 15) is 4.79 Å². The van der Waals surface area contributed by atoms with Crippen LogP contribution < -0.4 is 16.6 Å². The van der Waals surface area contributed by atoms with Crippen LogP contribution in [0.3, 0.4) is 0 Å². The van der Waals surface area contributed by atoms with E-state index in [0.29, 0.717) is 24.5 Å². The van der Waals surface area contributed by atoms with E-state index in [1.807, 2.05) is 24.6 Å². The maximum Gasteiger partial charge on any atom is 0.251 e. The van der Waals surface area contributed by atoms with Crippen molar-refractivity contribution in [3.05, 3.63) is 42.1 Å². The molecule has 0 fully saturated rings. The number of amides is 1.